The van der Waals surface area contributed by atoms with E-state index in [4.69, 9.17) is 21.7 Å². The Morgan fingerprint density at radius 3 is 2.37 bits per heavy atom. The van der Waals surface area contributed by atoms with Gasteiger partial charge in [0.2, 0.25) is 5.96 Å². The van der Waals surface area contributed by atoms with E-state index in [2.05, 4.69) is 15.3 Å². The summed E-state index contributed by atoms with van der Waals surface area (Å²) in [5.74, 6) is -0.996. The summed E-state index contributed by atoms with van der Waals surface area (Å²) < 4.78 is 0. The highest BCUT2D eigenvalue weighted by Crippen LogP contribution is 2.19. The van der Waals surface area contributed by atoms with Crippen LogP contribution in [0.5, 0.6) is 0 Å². The number of hydrogen-bond acceptors (Lipinski definition) is 8. The summed E-state index contributed by atoms with van der Waals surface area (Å²) in [6, 6.07) is -2.10. The molecule has 1 saturated heterocycles. The number of unbranched alkanes of at least 4 members (excludes halogenated alkanes) is 1. The number of guanidine groups is 1. The van der Waals surface area contributed by atoms with Crippen molar-refractivity contribution < 1.29 is 30.0 Å². The molecular formula is C18H32N6O6. The van der Waals surface area contributed by atoms with Gasteiger partial charge in [-0.25, -0.2) is 0 Å². The highest BCUT2D eigenvalue weighted by molar-refractivity contribution is 6.05. The Bertz CT molecular complexity index is 672. The van der Waals surface area contributed by atoms with Crippen molar-refractivity contribution in [1.29, 1.82) is 0 Å². The highest BCUT2D eigenvalue weighted by atomic mass is 16.4. The number of fused-ring (bicyclic) bond motifs is 1. The van der Waals surface area contributed by atoms with E-state index in [0.29, 0.717) is 57.0 Å². The number of carboxylic acid groups (broad SMARTS) is 2. The number of nitrogens with one attached hydrogen (secondary N) is 1. The summed E-state index contributed by atoms with van der Waals surface area (Å²) in [7, 11) is 0. The molecule has 1 fully saturated rings. The maximum absolute atomic E-state index is 10.8. The Hall–Kier alpha value is -2.28. The first kappa shape index (κ1) is 24.0. The second kappa shape index (κ2) is 11.2. The molecule has 2 aliphatic rings. The van der Waals surface area contributed by atoms with Crippen LogP contribution in [-0.4, -0.2) is 99.0 Å². The number of nitrogens with zero attached hydrogens (tertiary/aromatic N) is 3. The minimum absolute atomic E-state index is 0.212. The maximum Gasteiger partial charge on any atom is 0.320 e. The number of amidine groups is 1. The van der Waals surface area contributed by atoms with E-state index in [1.807, 2.05) is 4.90 Å². The van der Waals surface area contributed by atoms with Gasteiger partial charge in [0, 0.05) is 26.1 Å². The average molecular weight is 428 g/mol. The van der Waals surface area contributed by atoms with Crippen molar-refractivity contribution >= 4 is 23.7 Å². The van der Waals surface area contributed by atoms with Crippen LogP contribution in [0.2, 0.25) is 0 Å². The van der Waals surface area contributed by atoms with Gasteiger partial charge in [-0.2, -0.15) is 4.99 Å². The zero-order valence-corrected chi connectivity index (χ0v) is 16.9. The second-order valence-electron chi connectivity index (χ2n) is 7.72. The predicted molar refractivity (Wildman–Crippen MR) is 109 cm³/mol. The molecule has 0 aromatic carbocycles. The molecule has 12 nitrogen and oxygen atoms in total. The predicted octanol–water partition coefficient (Wildman–Crippen LogP) is -2.09. The van der Waals surface area contributed by atoms with Crippen molar-refractivity contribution in [2.45, 2.75) is 68.9 Å². The molecule has 0 aromatic rings. The van der Waals surface area contributed by atoms with Crippen LogP contribution in [-0.2, 0) is 9.59 Å². The number of aliphatic carboxylic acids is 2. The molecule has 2 heterocycles. The molecule has 0 radical (unpaired) electrons. The van der Waals surface area contributed by atoms with Crippen LogP contribution < -0.4 is 16.8 Å². The number of aliphatic hydroxyl groups is 2. The van der Waals surface area contributed by atoms with Crippen LogP contribution in [0.3, 0.4) is 0 Å². The van der Waals surface area contributed by atoms with Crippen molar-refractivity contribution in [2.24, 2.45) is 21.5 Å². The van der Waals surface area contributed by atoms with Crippen LogP contribution >= 0.6 is 0 Å². The zero-order valence-electron chi connectivity index (χ0n) is 16.9. The Labute approximate surface area is 174 Å². The maximum atomic E-state index is 10.8. The van der Waals surface area contributed by atoms with Crippen molar-refractivity contribution in [3.05, 3.63) is 0 Å². The SMILES string of the molecule is NC(CCCCN1CC(O)C(O)CC2NC(=NCCCC(N)C(=O)O)N=C21)C(=O)O. The standard InChI is InChI=1S/C18H32N6O6/c19-10(16(27)28)4-1-2-7-24-9-14(26)13(25)8-12-15(24)23-18(22-12)21-6-3-5-11(20)17(29)30/h10-14,25-26H,1-9,19-20H2,(H,21,22)(H,27,28)(H,29,30). The fourth-order valence-corrected chi connectivity index (χ4v) is 3.43. The Balaban J connectivity index is 1.95. The van der Waals surface area contributed by atoms with E-state index >= 15 is 0 Å². The number of carboxylic acids is 2. The zero-order chi connectivity index (χ0) is 22.3. The van der Waals surface area contributed by atoms with Crippen molar-refractivity contribution in [3.8, 4) is 0 Å². The van der Waals surface area contributed by atoms with Crippen LogP contribution in [0.15, 0.2) is 9.98 Å². The summed E-state index contributed by atoms with van der Waals surface area (Å²) in [6.07, 6.45) is 0.889. The molecule has 0 saturated carbocycles. The number of rotatable bonds is 11. The number of nitrogens with two attached hydrogens (primary N) is 2. The van der Waals surface area contributed by atoms with E-state index in [-0.39, 0.29) is 19.0 Å². The van der Waals surface area contributed by atoms with Crippen LogP contribution in [0.25, 0.3) is 0 Å². The molecule has 0 amide bonds. The van der Waals surface area contributed by atoms with Crippen molar-refractivity contribution in [3.63, 3.8) is 0 Å². The summed E-state index contributed by atoms with van der Waals surface area (Å²) >= 11 is 0. The molecule has 5 unspecified atom stereocenters. The number of β-amino-alcohol motifs (C(OH)–C–C–N with tert-alkyl or cyclic N) is 1. The van der Waals surface area contributed by atoms with Gasteiger partial charge < -0.3 is 42.1 Å². The smallest absolute Gasteiger partial charge is 0.320 e. The summed E-state index contributed by atoms with van der Waals surface area (Å²) in [6.45, 7) is 1.11. The van der Waals surface area contributed by atoms with Crippen molar-refractivity contribution in [2.75, 3.05) is 19.6 Å². The summed E-state index contributed by atoms with van der Waals surface area (Å²) in [5, 5.41) is 41.1. The molecule has 12 heteroatoms. The number of likely N-dealkylation sites (tertiary alicyclic amines) is 1. The minimum atomic E-state index is -1.04. The van der Waals surface area contributed by atoms with E-state index in [0.717, 1.165) is 0 Å². The molecule has 2 rings (SSSR count). The monoisotopic (exact) mass is 428 g/mol. The number of aliphatic imine (C=N–C) groups is 2. The quantitative estimate of drug-likeness (QED) is 0.179. The Morgan fingerprint density at radius 1 is 1.10 bits per heavy atom. The van der Waals surface area contributed by atoms with Gasteiger partial charge in [0.25, 0.3) is 0 Å². The molecule has 5 atom stereocenters. The number of carbonyl (C=O) groups is 2. The molecule has 170 valence electrons. The first-order chi connectivity index (χ1) is 14.2. The second-order valence-corrected chi connectivity index (χ2v) is 7.72. The lowest BCUT2D eigenvalue weighted by Gasteiger charge is -2.26. The fourth-order valence-electron chi connectivity index (χ4n) is 3.43. The molecule has 0 aliphatic carbocycles. The topological polar surface area (TPSA) is 207 Å². The average Bonchev–Trinajstić information content (AvgIpc) is 3.04. The van der Waals surface area contributed by atoms with E-state index in [1.165, 1.54) is 0 Å². The van der Waals surface area contributed by atoms with Crippen molar-refractivity contribution in [1.82, 2.24) is 10.2 Å². The van der Waals surface area contributed by atoms with Gasteiger partial charge in [0.1, 0.15) is 17.9 Å². The van der Waals surface area contributed by atoms with Gasteiger partial charge in [-0.05, 0) is 32.1 Å². The van der Waals surface area contributed by atoms with Gasteiger partial charge in [0.15, 0.2) is 0 Å². The van der Waals surface area contributed by atoms with Crippen LogP contribution in [0.4, 0.5) is 0 Å². The fraction of sp³-hybridized carbons (Fsp3) is 0.778. The van der Waals surface area contributed by atoms with E-state index in [1.54, 1.807) is 0 Å². The minimum Gasteiger partial charge on any atom is -0.480 e. The summed E-state index contributed by atoms with van der Waals surface area (Å²) in [4.78, 5) is 32.3. The molecule has 0 bridgehead atoms. The van der Waals surface area contributed by atoms with E-state index in [9.17, 15) is 19.8 Å². The number of hydrogen-bond donors (Lipinski definition) is 7. The number of aliphatic hydroxyl groups excluding tert-OH is 2. The molecule has 9 N–H and O–H groups in total. The Morgan fingerprint density at radius 2 is 1.73 bits per heavy atom. The lowest BCUT2D eigenvalue weighted by Crippen LogP contribution is -2.42. The largest absolute Gasteiger partial charge is 0.480 e. The molecule has 30 heavy (non-hydrogen) atoms. The van der Waals surface area contributed by atoms with Gasteiger partial charge in [-0.3, -0.25) is 14.6 Å². The first-order valence-electron chi connectivity index (χ1n) is 10.2. The molecule has 0 spiro atoms. The third-order valence-corrected chi connectivity index (χ3v) is 5.25. The molecule has 2 aliphatic heterocycles. The first-order valence-corrected chi connectivity index (χ1v) is 10.2. The van der Waals surface area contributed by atoms with Gasteiger partial charge in [-0.15, -0.1) is 0 Å². The van der Waals surface area contributed by atoms with Crippen LogP contribution in [0.1, 0.15) is 38.5 Å². The van der Waals surface area contributed by atoms with Gasteiger partial charge in [0.05, 0.1) is 18.2 Å². The molecule has 0 aromatic heterocycles. The third kappa shape index (κ3) is 6.90. The highest BCUT2D eigenvalue weighted by Gasteiger charge is 2.37. The lowest BCUT2D eigenvalue weighted by atomic mass is 10.1. The van der Waals surface area contributed by atoms with E-state index < -0.39 is 36.2 Å². The Kier molecular flexibility index (Phi) is 8.96. The molecular weight excluding hydrogens is 396 g/mol. The third-order valence-electron chi connectivity index (χ3n) is 5.25. The van der Waals surface area contributed by atoms with Gasteiger partial charge in [-0.1, -0.05) is 0 Å². The van der Waals surface area contributed by atoms with Crippen LogP contribution in [0, 0.1) is 0 Å². The van der Waals surface area contributed by atoms with Gasteiger partial charge >= 0.3 is 11.9 Å². The lowest BCUT2D eigenvalue weighted by molar-refractivity contribution is -0.139. The summed E-state index contributed by atoms with van der Waals surface area (Å²) in [5.41, 5.74) is 11.0. The normalized spacial score (nSPS) is 27.1.